The monoisotopic (exact) mass is 253 g/mol. The number of urea groups is 1. The van der Waals surface area contributed by atoms with Crippen LogP contribution in [0.25, 0.3) is 0 Å². The maximum absolute atomic E-state index is 13.0. The minimum Gasteiger partial charge on any atom is -0.337 e. The van der Waals surface area contributed by atoms with E-state index in [0.29, 0.717) is 13.1 Å². The van der Waals surface area contributed by atoms with Crippen LogP contribution in [0, 0.1) is 5.82 Å². The Kier molecular flexibility index (Phi) is 5.58. The molecule has 1 aromatic carbocycles. The second-order valence-electron chi connectivity index (χ2n) is 4.36. The molecule has 0 radical (unpaired) electrons. The van der Waals surface area contributed by atoms with E-state index < -0.39 is 0 Å². The van der Waals surface area contributed by atoms with Gasteiger partial charge in [0.25, 0.3) is 0 Å². The van der Waals surface area contributed by atoms with Gasteiger partial charge in [-0.15, -0.1) is 0 Å². The van der Waals surface area contributed by atoms with Crippen molar-refractivity contribution in [1.29, 1.82) is 0 Å². The topological polar surface area (TPSA) is 44.4 Å². The van der Waals surface area contributed by atoms with Gasteiger partial charge in [-0.1, -0.05) is 12.1 Å². The van der Waals surface area contributed by atoms with Crippen molar-refractivity contribution in [2.75, 3.05) is 27.2 Å². The molecule has 1 atom stereocenters. The molecule has 1 rings (SSSR count). The van der Waals surface area contributed by atoms with Gasteiger partial charge in [-0.3, -0.25) is 0 Å². The fourth-order valence-corrected chi connectivity index (χ4v) is 1.51. The molecule has 0 aliphatic rings. The number of nitrogens with one attached hydrogen (secondary N) is 2. The summed E-state index contributed by atoms with van der Waals surface area (Å²) in [4.78, 5) is 12.7. The molecule has 0 aliphatic heterocycles. The van der Waals surface area contributed by atoms with Crippen molar-refractivity contribution in [3.05, 3.63) is 35.6 Å². The van der Waals surface area contributed by atoms with E-state index in [0.717, 1.165) is 5.56 Å². The predicted octanol–water partition coefficient (Wildman–Crippen LogP) is 1.75. The molecule has 2 amide bonds. The zero-order valence-electron chi connectivity index (χ0n) is 11.0. The second kappa shape index (κ2) is 6.96. The number of nitrogens with zero attached hydrogens (tertiary/aromatic N) is 1. The minimum atomic E-state index is -0.234. The summed E-state index contributed by atoms with van der Waals surface area (Å²) in [6.07, 6.45) is 0. The molecule has 0 spiro atoms. The average molecular weight is 253 g/mol. The van der Waals surface area contributed by atoms with Crippen LogP contribution in [-0.4, -0.2) is 38.1 Å². The second-order valence-corrected chi connectivity index (χ2v) is 4.36. The Morgan fingerprint density at radius 3 is 2.72 bits per heavy atom. The summed E-state index contributed by atoms with van der Waals surface area (Å²) in [5, 5.41) is 5.97. The van der Waals surface area contributed by atoms with Gasteiger partial charge in [0.05, 0.1) is 0 Å². The number of rotatable bonds is 5. The summed E-state index contributed by atoms with van der Waals surface area (Å²) in [7, 11) is 3.39. The molecule has 0 bridgehead atoms. The van der Waals surface area contributed by atoms with E-state index in [-0.39, 0.29) is 17.9 Å². The van der Waals surface area contributed by atoms with Crippen LogP contribution in [0.2, 0.25) is 0 Å². The van der Waals surface area contributed by atoms with Gasteiger partial charge in [0.1, 0.15) is 5.82 Å². The van der Waals surface area contributed by atoms with E-state index >= 15 is 0 Å². The first-order valence-electron chi connectivity index (χ1n) is 5.94. The highest BCUT2D eigenvalue weighted by Crippen LogP contribution is 2.12. The number of hydrogen-bond donors (Lipinski definition) is 2. The first-order valence-corrected chi connectivity index (χ1v) is 5.94. The van der Waals surface area contributed by atoms with Crippen molar-refractivity contribution in [1.82, 2.24) is 15.5 Å². The van der Waals surface area contributed by atoms with Crippen LogP contribution in [0.15, 0.2) is 24.3 Å². The van der Waals surface area contributed by atoms with Crippen molar-refractivity contribution < 1.29 is 9.18 Å². The normalized spacial score (nSPS) is 12.0. The Labute approximate surface area is 107 Å². The quantitative estimate of drug-likeness (QED) is 0.785. The van der Waals surface area contributed by atoms with E-state index in [1.165, 1.54) is 17.0 Å². The molecule has 4 nitrogen and oxygen atoms in total. The third-order valence-corrected chi connectivity index (χ3v) is 2.61. The highest BCUT2D eigenvalue weighted by Gasteiger charge is 2.06. The first kappa shape index (κ1) is 14.4. The van der Waals surface area contributed by atoms with Gasteiger partial charge < -0.3 is 15.5 Å². The van der Waals surface area contributed by atoms with E-state index in [1.807, 2.05) is 13.0 Å². The van der Waals surface area contributed by atoms with Gasteiger partial charge in [-0.25, -0.2) is 9.18 Å². The Balaban J connectivity index is 2.29. The van der Waals surface area contributed by atoms with E-state index in [4.69, 9.17) is 0 Å². The predicted molar refractivity (Wildman–Crippen MR) is 69.9 cm³/mol. The summed E-state index contributed by atoms with van der Waals surface area (Å²) in [5.41, 5.74) is 0.897. The number of amides is 2. The van der Waals surface area contributed by atoms with E-state index in [1.54, 1.807) is 20.2 Å². The summed E-state index contributed by atoms with van der Waals surface area (Å²) in [6, 6.07) is 6.44. The number of hydrogen-bond acceptors (Lipinski definition) is 2. The molecule has 0 saturated heterocycles. The maximum Gasteiger partial charge on any atom is 0.316 e. The zero-order valence-corrected chi connectivity index (χ0v) is 11.0. The lowest BCUT2D eigenvalue weighted by molar-refractivity contribution is 0.217. The Bertz CT molecular complexity index is 396. The lowest BCUT2D eigenvalue weighted by Gasteiger charge is -2.16. The third-order valence-electron chi connectivity index (χ3n) is 2.61. The van der Waals surface area contributed by atoms with Crippen molar-refractivity contribution in [2.45, 2.75) is 13.0 Å². The molecule has 5 heteroatoms. The van der Waals surface area contributed by atoms with Crippen LogP contribution in [0.4, 0.5) is 9.18 Å². The van der Waals surface area contributed by atoms with Gasteiger partial charge >= 0.3 is 6.03 Å². The standard InChI is InChI=1S/C13H20FN3O/c1-10(11-5-4-6-12(14)9-11)15-7-8-16-13(18)17(2)3/h4-6,9-10,15H,7-8H2,1-3H3,(H,16,18). The molecule has 100 valence electrons. The fourth-order valence-electron chi connectivity index (χ4n) is 1.51. The molecule has 1 unspecified atom stereocenters. The molecule has 2 N–H and O–H groups in total. The number of halogens is 1. The average Bonchev–Trinajstić information content (AvgIpc) is 2.33. The highest BCUT2D eigenvalue weighted by atomic mass is 19.1. The SMILES string of the molecule is CC(NCCNC(=O)N(C)C)c1cccc(F)c1. The summed E-state index contributed by atoms with van der Waals surface area (Å²) < 4.78 is 13.0. The van der Waals surface area contributed by atoms with Crippen LogP contribution in [0.1, 0.15) is 18.5 Å². The molecular weight excluding hydrogens is 233 g/mol. The minimum absolute atomic E-state index is 0.0527. The Morgan fingerprint density at radius 1 is 1.39 bits per heavy atom. The molecule has 0 aromatic heterocycles. The summed E-state index contributed by atoms with van der Waals surface area (Å²) in [6.45, 7) is 3.14. The largest absolute Gasteiger partial charge is 0.337 e. The molecule has 0 saturated carbocycles. The van der Waals surface area contributed by atoms with Crippen LogP contribution < -0.4 is 10.6 Å². The van der Waals surface area contributed by atoms with Crippen molar-refractivity contribution in [2.24, 2.45) is 0 Å². The van der Waals surface area contributed by atoms with Crippen LogP contribution >= 0.6 is 0 Å². The zero-order chi connectivity index (χ0) is 13.5. The van der Waals surface area contributed by atoms with Gasteiger partial charge in [0.15, 0.2) is 0 Å². The Morgan fingerprint density at radius 2 is 2.11 bits per heavy atom. The Hall–Kier alpha value is -1.62. The maximum atomic E-state index is 13.0. The molecule has 0 heterocycles. The van der Waals surface area contributed by atoms with E-state index in [2.05, 4.69) is 10.6 Å². The van der Waals surface area contributed by atoms with Crippen LogP contribution in [0.5, 0.6) is 0 Å². The number of benzene rings is 1. The van der Waals surface area contributed by atoms with Gasteiger partial charge in [-0.05, 0) is 24.6 Å². The summed E-state index contributed by atoms with van der Waals surface area (Å²) in [5.74, 6) is -0.234. The van der Waals surface area contributed by atoms with Gasteiger partial charge in [-0.2, -0.15) is 0 Å². The van der Waals surface area contributed by atoms with Crippen LogP contribution in [-0.2, 0) is 0 Å². The van der Waals surface area contributed by atoms with Gasteiger partial charge in [0, 0.05) is 33.2 Å². The van der Waals surface area contributed by atoms with Gasteiger partial charge in [0.2, 0.25) is 0 Å². The van der Waals surface area contributed by atoms with Crippen molar-refractivity contribution in [3.63, 3.8) is 0 Å². The lowest BCUT2D eigenvalue weighted by Crippen LogP contribution is -2.38. The van der Waals surface area contributed by atoms with Crippen molar-refractivity contribution in [3.8, 4) is 0 Å². The first-order chi connectivity index (χ1) is 8.50. The van der Waals surface area contributed by atoms with E-state index in [9.17, 15) is 9.18 Å². The molecule has 0 fully saturated rings. The molecular formula is C13H20FN3O. The summed E-state index contributed by atoms with van der Waals surface area (Å²) >= 11 is 0. The fraction of sp³-hybridized carbons (Fsp3) is 0.462. The van der Waals surface area contributed by atoms with Crippen LogP contribution in [0.3, 0.4) is 0 Å². The van der Waals surface area contributed by atoms with Crippen molar-refractivity contribution >= 4 is 6.03 Å². The third kappa shape index (κ3) is 4.71. The number of carbonyl (C=O) groups is 1. The number of carbonyl (C=O) groups excluding carboxylic acids is 1. The lowest BCUT2D eigenvalue weighted by atomic mass is 10.1. The smallest absolute Gasteiger partial charge is 0.316 e. The molecule has 18 heavy (non-hydrogen) atoms. The molecule has 1 aromatic rings. The molecule has 0 aliphatic carbocycles. The highest BCUT2D eigenvalue weighted by molar-refractivity contribution is 5.73.